The summed E-state index contributed by atoms with van der Waals surface area (Å²) in [4.78, 5) is 25.2. The second-order valence-electron chi connectivity index (χ2n) is 8.03. The predicted octanol–water partition coefficient (Wildman–Crippen LogP) is 4.78. The van der Waals surface area contributed by atoms with Crippen LogP contribution in [0.3, 0.4) is 0 Å². The minimum absolute atomic E-state index is 0.255. The molecule has 2 aliphatic carbocycles. The highest BCUT2D eigenvalue weighted by Crippen LogP contribution is 2.38. The van der Waals surface area contributed by atoms with Crippen molar-refractivity contribution in [2.45, 2.75) is 64.4 Å². The molecule has 0 aromatic heterocycles. The van der Waals surface area contributed by atoms with E-state index in [9.17, 15) is 9.59 Å². The second kappa shape index (κ2) is 9.33. The molecule has 2 aromatic rings. The van der Waals surface area contributed by atoms with Crippen LogP contribution in [-0.4, -0.2) is 24.8 Å². The average Bonchev–Trinajstić information content (AvgIpc) is 3.41. The standard InChI is InChI=1S/C25H29NO4/c1-2-29-24(27)22(15-14-17-8-4-3-5-9-17)30-25(28)26-23-20-12-6-10-18(20)16-19-11-7-13-21(19)23/h3-5,8-9,16,22H,2,6-7,10-15H2,1H3,(H,26,28)/t22-/m1/s1. The van der Waals surface area contributed by atoms with Crippen LogP contribution in [0.5, 0.6) is 0 Å². The summed E-state index contributed by atoms with van der Waals surface area (Å²) in [5, 5.41) is 3.00. The lowest BCUT2D eigenvalue weighted by Crippen LogP contribution is -2.32. The Bertz CT molecular complexity index is 890. The molecule has 4 rings (SSSR count). The fourth-order valence-electron chi connectivity index (χ4n) is 4.63. The Balaban J connectivity index is 1.47. The van der Waals surface area contributed by atoms with Gasteiger partial charge in [0.1, 0.15) is 0 Å². The fourth-order valence-corrected chi connectivity index (χ4v) is 4.63. The number of amides is 1. The summed E-state index contributed by atoms with van der Waals surface area (Å²) in [6, 6.07) is 12.2. The highest BCUT2D eigenvalue weighted by molar-refractivity contribution is 5.90. The topological polar surface area (TPSA) is 64.6 Å². The van der Waals surface area contributed by atoms with Crippen LogP contribution in [0.1, 0.15) is 54.0 Å². The van der Waals surface area contributed by atoms with E-state index in [-0.39, 0.29) is 6.61 Å². The van der Waals surface area contributed by atoms with Gasteiger partial charge in [-0.3, -0.25) is 5.32 Å². The molecule has 5 nitrogen and oxygen atoms in total. The third kappa shape index (κ3) is 4.50. The Morgan fingerprint density at radius 1 is 1.00 bits per heavy atom. The van der Waals surface area contributed by atoms with Crippen LogP contribution in [0, 0.1) is 0 Å². The van der Waals surface area contributed by atoms with Crippen LogP contribution in [0.2, 0.25) is 0 Å². The SMILES string of the molecule is CCOC(=O)[C@@H](CCc1ccccc1)OC(=O)Nc1c2c(cc3c1CCC3)CCC2. The number of benzene rings is 2. The van der Waals surface area contributed by atoms with Gasteiger partial charge in [-0.2, -0.15) is 0 Å². The number of anilines is 1. The molecule has 0 bridgehead atoms. The van der Waals surface area contributed by atoms with Crippen molar-refractivity contribution in [1.82, 2.24) is 0 Å². The van der Waals surface area contributed by atoms with Crippen LogP contribution in [0.15, 0.2) is 36.4 Å². The zero-order chi connectivity index (χ0) is 20.9. The molecule has 0 saturated heterocycles. The number of esters is 1. The van der Waals surface area contributed by atoms with Crippen molar-refractivity contribution >= 4 is 17.7 Å². The van der Waals surface area contributed by atoms with Crippen molar-refractivity contribution in [2.75, 3.05) is 11.9 Å². The zero-order valence-electron chi connectivity index (χ0n) is 17.5. The van der Waals surface area contributed by atoms with E-state index in [1.54, 1.807) is 6.92 Å². The largest absolute Gasteiger partial charge is 0.463 e. The van der Waals surface area contributed by atoms with Gasteiger partial charge in [0.05, 0.1) is 12.3 Å². The molecule has 0 radical (unpaired) electrons. The first kappa shape index (κ1) is 20.5. The van der Waals surface area contributed by atoms with E-state index in [2.05, 4.69) is 11.4 Å². The summed E-state index contributed by atoms with van der Waals surface area (Å²) >= 11 is 0. The molecule has 2 aliphatic rings. The van der Waals surface area contributed by atoms with Gasteiger partial charge in [0.25, 0.3) is 0 Å². The molecular formula is C25H29NO4. The molecule has 5 heteroatoms. The quantitative estimate of drug-likeness (QED) is 0.671. The maximum Gasteiger partial charge on any atom is 0.412 e. The number of fused-ring (bicyclic) bond motifs is 2. The smallest absolute Gasteiger partial charge is 0.412 e. The van der Waals surface area contributed by atoms with Gasteiger partial charge in [0.15, 0.2) is 0 Å². The molecule has 0 spiro atoms. The number of carbonyl (C=O) groups excluding carboxylic acids is 2. The van der Waals surface area contributed by atoms with E-state index in [4.69, 9.17) is 9.47 Å². The Morgan fingerprint density at radius 3 is 2.30 bits per heavy atom. The molecule has 0 fully saturated rings. The van der Waals surface area contributed by atoms with Crippen molar-refractivity contribution < 1.29 is 19.1 Å². The molecule has 1 N–H and O–H groups in total. The summed E-state index contributed by atoms with van der Waals surface area (Å²) in [6.07, 6.45) is 5.85. The highest BCUT2D eigenvalue weighted by Gasteiger charge is 2.28. The first-order valence-corrected chi connectivity index (χ1v) is 11.0. The van der Waals surface area contributed by atoms with Crippen LogP contribution in [-0.2, 0) is 46.4 Å². The number of hydrogen-bond acceptors (Lipinski definition) is 4. The Hall–Kier alpha value is -2.82. The van der Waals surface area contributed by atoms with Gasteiger partial charge in [-0.1, -0.05) is 36.4 Å². The molecule has 0 saturated carbocycles. The summed E-state index contributed by atoms with van der Waals surface area (Å²) in [5.74, 6) is -0.493. The first-order valence-electron chi connectivity index (χ1n) is 11.0. The van der Waals surface area contributed by atoms with E-state index in [1.165, 1.54) is 22.3 Å². The van der Waals surface area contributed by atoms with Gasteiger partial charge in [0.2, 0.25) is 6.10 Å². The molecule has 158 valence electrons. The highest BCUT2D eigenvalue weighted by atomic mass is 16.6. The summed E-state index contributed by atoms with van der Waals surface area (Å²) < 4.78 is 10.7. The van der Waals surface area contributed by atoms with Gasteiger partial charge < -0.3 is 9.47 Å². The minimum atomic E-state index is -0.921. The van der Waals surface area contributed by atoms with E-state index >= 15 is 0 Å². The van der Waals surface area contributed by atoms with Gasteiger partial charge in [-0.25, -0.2) is 9.59 Å². The normalized spacial score (nSPS) is 15.2. The molecular weight excluding hydrogens is 378 g/mol. The van der Waals surface area contributed by atoms with E-state index in [0.717, 1.165) is 49.8 Å². The maximum absolute atomic E-state index is 12.8. The van der Waals surface area contributed by atoms with Gasteiger partial charge >= 0.3 is 12.1 Å². The number of aryl methyl sites for hydroxylation is 3. The molecule has 1 atom stereocenters. The van der Waals surface area contributed by atoms with Crippen LogP contribution < -0.4 is 5.32 Å². The lowest BCUT2D eigenvalue weighted by molar-refractivity contribution is -0.153. The Morgan fingerprint density at radius 2 is 1.67 bits per heavy atom. The van der Waals surface area contributed by atoms with Crippen molar-refractivity contribution in [3.8, 4) is 0 Å². The molecule has 2 aromatic carbocycles. The Kier molecular flexibility index (Phi) is 6.36. The summed E-state index contributed by atoms with van der Waals surface area (Å²) in [5.41, 5.74) is 7.19. The van der Waals surface area contributed by atoms with E-state index < -0.39 is 18.2 Å². The third-order valence-electron chi connectivity index (χ3n) is 6.04. The van der Waals surface area contributed by atoms with Crippen LogP contribution in [0.4, 0.5) is 10.5 Å². The number of nitrogens with one attached hydrogen (secondary N) is 1. The number of carbonyl (C=O) groups is 2. The molecule has 0 unspecified atom stereocenters. The van der Waals surface area contributed by atoms with Crippen molar-refractivity contribution in [1.29, 1.82) is 0 Å². The molecule has 0 heterocycles. The number of ether oxygens (including phenoxy) is 2. The fraction of sp³-hybridized carbons (Fsp3) is 0.440. The van der Waals surface area contributed by atoms with Crippen molar-refractivity contribution in [3.05, 3.63) is 64.2 Å². The zero-order valence-corrected chi connectivity index (χ0v) is 17.5. The van der Waals surface area contributed by atoms with Gasteiger partial charge in [0, 0.05) is 0 Å². The predicted molar refractivity (Wildman–Crippen MR) is 116 cm³/mol. The van der Waals surface area contributed by atoms with Crippen LogP contribution >= 0.6 is 0 Å². The minimum Gasteiger partial charge on any atom is -0.463 e. The summed E-state index contributed by atoms with van der Waals surface area (Å²) in [7, 11) is 0. The maximum atomic E-state index is 12.8. The second-order valence-corrected chi connectivity index (χ2v) is 8.03. The molecule has 1 amide bonds. The van der Waals surface area contributed by atoms with E-state index in [1.807, 2.05) is 30.3 Å². The van der Waals surface area contributed by atoms with Gasteiger partial charge in [-0.05, 0) is 86.1 Å². The average molecular weight is 408 g/mol. The van der Waals surface area contributed by atoms with Crippen LogP contribution in [0.25, 0.3) is 0 Å². The summed E-state index contributed by atoms with van der Waals surface area (Å²) in [6.45, 7) is 2.01. The van der Waals surface area contributed by atoms with Crippen molar-refractivity contribution in [3.63, 3.8) is 0 Å². The molecule has 30 heavy (non-hydrogen) atoms. The third-order valence-corrected chi connectivity index (χ3v) is 6.04. The van der Waals surface area contributed by atoms with E-state index in [0.29, 0.717) is 12.8 Å². The Labute approximate surface area is 177 Å². The first-order chi connectivity index (χ1) is 14.7. The lowest BCUT2D eigenvalue weighted by Gasteiger charge is -2.19. The number of hydrogen-bond donors (Lipinski definition) is 1. The monoisotopic (exact) mass is 407 g/mol. The number of rotatable bonds is 7. The lowest BCUT2D eigenvalue weighted by atomic mass is 9.99. The van der Waals surface area contributed by atoms with Gasteiger partial charge in [-0.15, -0.1) is 0 Å². The van der Waals surface area contributed by atoms with Crippen molar-refractivity contribution in [2.24, 2.45) is 0 Å². The molecule has 0 aliphatic heterocycles.